The van der Waals surface area contributed by atoms with Gasteiger partial charge in [0.25, 0.3) is 5.91 Å². The van der Waals surface area contributed by atoms with Gasteiger partial charge < -0.3 is 24.3 Å². The molecule has 0 radical (unpaired) electrons. The second-order valence-corrected chi connectivity index (χ2v) is 12.9. The molecule has 0 spiro atoms. The lowest BCUT2D eigenvalue weighted by molar-refractivity contribution is -0.131. The van der Waals surface area contributed by atoms with E-state index in [1.54, 1.807) is 0 Å². The smallest absolute Gasteiger partial charge is 0.254 e. The molecule has 8 nitrogen and oxygen atoms in total. The van der Waals surface area contributed by atoms with E-state index in [-0.39, 0.29) is 11.8 Å². The number of hydrogen-bond donors (Lipinski definition) is 1. The number of imidazole rings is 1. The average Bonchev–Trinajstić information content (AvgIpc) is 3.45. The lowest BCUT2D eigenvalue weighted by atomic mass is 10.0. The Morgan fingerprint density at radius 1 is 0.818 bits per heavy atom. The summed E-state index contributed by atoms with van der Waals surface area (Å²) in [6, 6.07) is 23.2. The van der Waals surface area contributed by atoms with E-state index in [2.05, 4.69) is 74.9 Å². The summed E-state index contributed by atoms with van der Waals surface area (Å²) in [7, 11) is 2.10. The van der Waals surface area contributed by atoms with Gasteiger partial charge in [-0.1, -0.05) is 36.4 Å². The van der Waals surface area contributed by atoms with Crippen LogP contribution in [0.3, 0.4) is 0 Å². The standard InChI is InChI=1S/C36H38N6O2/c1-39-16-18-40(19-17-39)36(44)30-10-11-31-33(21-30)42(23-24-13-15-41(22-24)35(43)28-7-8-28)34(38-31)27-5-2-25(3-6-27)29-9-4-26-12-14-37-32(26)20-29/h2-6,9-12,14,20-21,24,28,37H,7-8,13,15-19,22-23H2,1H3. The molecule has 0 bridgehead atoms. The number of piperazine rings is 1. The number of carbonyl (C=O) groups excluding carboxylic acids is 2. The molecule has 1 saturated carbocycles. The summed E-state index contributed by atoms with van der Waals surface area (Å²) in [5.74, 6) is 1.91. The van der Waals surface area contributed by atoms with Crippen molar-refractivity contribution in [3.63, 3.8) is 0 Å². The van der Waals surface area contributed by atoms with Gasteiger partial charge in [-0.25, -0.2) is 4.98 Å². The van der Waals surface area contributed by atoms with Gasteiger partial charge in [0.15, 0.2) is 0 Å². The molecule has 2 aromatic heterocycles. The van der Waals surface area contributed by atoms with E-state index in [1.165, 1.54) is 10.9 Å². The van der Waals surface area contributed by atoms with E-state index < -0.39 is 0 Å². The number of nitrogens with zero attached hydrogens (tertiary/aromatic N) is 5. The lowest BCUT2D eigenvalue weighted by Crippen LogP contribution is -2.47. The molecule has 224 valence electrons. The minimum atomic E-state index is 0.0831. The van der Waals surface area contributed by atoms with Gasteiger partial charge >= 0.3 is 0 Å². The second-order valence-electron chi connectivity index (χ2n) is 12.9. The van der Waals surface area contributed by atoms with Crippen molar-refractivity contribution in [2.75, 3.05) is 46.3 Å². The molecule has 1 aliphatic carbocycles. The molecule has 3 aliphatic rings. The monoisotopic (exact) mass is 586 g/mol. The Morgan fingerprint density at radius 2 is 1.59 bits per heavy atom. The molecule has 1 N–H and O–H groups in total. The highest BCUT2D eigenvalue weighted by molar-refractivity contribution is 5.98. The lowest BCUT2D eigenvalue weighted by Gasteiger charge is -2.32. The van der Waals surface area contributed by atoms with Crippen LogP contribution >= 0.6 is 0 Å². The molecule has 44 heavy (non-hydrogen) atoms. The Labute approximate surface area is 257 Å². The van der Waals surface area contributed by atoms with Crippen molar-refractivity contribution in [1.82, 2.24) is 29.2 Å². The van der Waals surface area contributed by atoms with Gasteiger partial charge in [0.05, 0.1) is 11.0 Å². The molecule has 2 aliphatic heterocycles. The molecule has 4 heterocycles. The van der Waals surface area contributed by atoms with Crippen LogP contribution in [0.2, 0.25) is 0 Å². The largest absolute Gasteiger partial charge is 0.361 e. The summed E-state index contributed by atoms with van der Waals surface area (Å²) < 4.78 is 2.30. The number of aromatic nitrogens is 3. The first kappa shape index (κ1) is 27.1. The number of amides is 2. The van der Waals surface area contributed by atoms with Crippen LogP contribution in [-0.4, -0.2) is 87.4 Å². The minimum Gasteiger partial charge on any atom is -0.361 e. The topological polar surface area (TPSA) is 77.5 Å². The number of aromatic amines is 1. The van der Waals surface area contributed by atoms with Crippen molar-refractivity contribution in [3.8, 4) is 22.5 Å². The van der Waals surface area contributed by atoms with Crippen LogP contribution in [0, 0.1) is 11.8 Å². The van der Waals surface area contributed by atoms with Gasteiger partial charge in [-0.2, -0.15) is 0 Å². The Balaban J connectivity index is 1.13. The number of H-pyrrole nitrogens is 1. The molecule has 3 aromatic carbocycles. The molecule has 5 aromatic rings. The summed E-state index contributed by atoms with van der Waals surface area (Å²) in [4.78, 5) is 41.1. The summed E-state index contributed by atoms with van der Waals surface area (Å²) in [6.45, 7) is 5.65. The number of hydrogen-bond acceptors (Lipinski definition) is 4. The fourth-order valence-corrected chi connectivity index (χ4v) is 6.92. The fourth-order valence-electron chi connectivity index (χ4n) is 6.92. The minimum absolute atomic E-state index is 0.0831. The zero-order chi connectivity index (χ0) is 29.8. The van der Waals surface area contributed by atoms with E-state index in [0.29, 0.717) is 17.4 Å². The predicted octanol–water partition coefficient (Wildman–Crippen LogP) is 5.50. The number of likely N-dealkylation sites (tertiary alicyclic amines) is 1. The molecule has 8 rings (SSSR count). The Morgan fingerprint density at radius 3 is 2.39 bits per heavy atom. The normalized spacial score (nSPS) is 19.3. The zero-order valence-corrected chi connectivity index (χ0v) is 25.2. The maximum absolute atomic E-state index is 13.5. The Bertz CT molecular complexity index is 1860. The fraction of sp³-hybridized carbons (Fsp3) is 0.361. The first-order valence-electron chi connectivity index (χ1n) is 15.9. The van der Waals surface area contributed by atoms with Crippen LogP contribution in [0.25, 0.3) is 44.5 Å². The van der Waals surface area contributed by atoms with E-state index in [1.807, 2.05) is 29.3 Å². The zero-order valence-electron chi connectivity index (χ0n) is 25.2. The van der Waals surface area contributed by atoms with E-state index in [4.69, 9.17) is 4.98 Å². The van der Waals surface area contributed by atoms with Gasteiger partial charge in [-0.05, 0) is 79.1 Å². The summed E-state index contributed by atoms with van der Waals surface area (Å²) in [5.41, 5.74) is 7.06. The number of carbonyl (C=O) groups is 2. The third-order valence-corrected chi connectivity index (χ3v) is 9.78. The number of benzene rings is 3. The van der Waals surface area contributed by atoms with Crippen LogP contribution in [0.15, 0.2) is 72.9 Å². The van der Waals surface area contributed by atoms with Crippen LogP contribution in [0.1, 0.15) is 29.6 Å². The maximum atomic E-state index is 13.5. The van der Waals surface area contributed by atoms with Gasteiger partial charge in [-0.15, -0.1) is 0 Å². The molecule has 1 unspecified atom stereocenters. The predicted molar refractivity (Wildman–Crippen MR) is 173 cm³/mol. The third kappa shape index (κ3) is 5.07. The Hall–Kier alpha value is -4.43. The Kier molecular flexibility index (Phi) is 6.74. The van der Waals surface area contributed by atoms with Crippen LogP contribution < -0.4 is 0 Å². The molecular weight excluding hydrogens is 548 g/mol. The summed E-state index contributed by atoms with van der Waals surface area (Å²) in [5, 5.41) is 1.20. The van der Waals surface area contributed by atoms with Crippen LogP contribution in [0.5, 0.6) is 0 Å². The molecule has 8 heteroatoms. The van der Waals surface area contributed by atoms with Crippen LogP contribution in [0.4, 0.5) is 0 Å². The van der Waals surface area contributed by atoms with Crippen molar-refractivity contribution in [3.05, 3.63) is 78.5 Å². The first-order chi connectivity index (χ1) is 21.5. The van der Waals surface area contributed by atoms with Gasteiger partial charge in [-0.3, -0.25) is 9.59 Å². The highest BCUT2D eigenvalue weighted by Gasteiger charge is 2.37. The quantitative estimate of drug-likeness (QED) is 0.285. The molecule has 1 atom stereocenters. The van der Waals surface area contributed by atoms with Crippen molar-refractivity contribution < 1.29 is 9.59 Å². The highest BCUT2D eigenvalue weighted by atomic mass is 16.2. The second kappa shape index (κ2) is 10.9. The van der Waals surface area contributed by atoms with Crippen molar-refractivity contribution in [2.24, 2.45) is 11.8 Å². The van der Waals surface area contributed by atoms with Crippen LogP contribution in [-0.2, 0) is 11.3 Å². The summed E-state index contributed by atoms with van der Waals surface area (Å²) in [6.07, 6.45) is 5.03. The van der Waals surface area contributed by atoms with E-state index >= 15 is 0 Å². The van der Waals surface area contributed by atoms with Crippen molar-refractivity contribution in [2.45, 2.75) is 25.8 Å². The number of nitrogens with one attached hydrogen (secondary N) is 1. The average molecular weight is 587 g/mol. The highest BCUT2D eigenvalue weighted by Crippen LogP contribution is 2.35. The van der Waals surface area contributed by atoms with E-state index in [9.17, 15) is 9.59 Å². The van der Waals surface area contributed by atoms with Gasteiger partial charge in [0, 0.05) is 74.6 Å². The van der Waals surface area contributed by atoms with E-state index in [0.717, 1.165) is 98.6 Å². The van der Waals surface area contributed by atoms with Gasteiger partial charge in [0.2, 0.25) is 5.91 Å². The first-order valence-corrected chi connectivity index (χ1v) is 15.9. The molecule has 2 amide bonds. The number of rotatable bonds is 6. The maximum Gasteiger partial charge on any atom is 0.254 e. The molecule has 3 fully saturated rings. The third-order valence-electron chi connectivity index (χ3n) is 9.78. The SMILES string of the molecule is CN1CCN(C(=O)c2ccc3nc(-c4ccc(-c5ccc6cc[nH]c6c5)cc4)n(CC4CCN(C(=O)C5CC5)C4)c3c2)CC1. The van der Waals surface area contributed by atoms with Crippen molar-refractivity contribution in [1.29, 1.82) is 0 Å². The number of likely N-dealkylation sites (N-methyl/N-ethyl adjacent to an activating group) is 1. The van der Waals surface area contributed by atoms with Gasteiger partial charge in [0.1, 0.15) is 5.82 Å². The molecule has 2 saturated heterocycles. The van der Waals surface area contributed by atoms with Crippen molar-refractivity contribution >= 4 is 33.8 Å². The number of fused-ring (bicyclic) bond motifs is 2. The molecular formula is C36H38N6O2. The summed E-state index contributed by atoms with van der Waals surface area (Å²) >= 11 is 0.